The van der Waals surface area contributed by atoms with Gasteiger partial charge in [-0.05, 0) is 36.4 Å². The first-order valence-electron chi connectivity index (χ1n) is 6.90. The standard InChI is InChI=1S/C16H14BrN3O5/c1-25-13-7-12(17)6-11(14(13)21)8-18-19-15(22)9-2-4-10(5-3-9)16(23)20-24/h2-8,21,24H,1H3,(H,19,22)(H,20,23)/b18-8+. The van der Waals surface area contributed by atoms with E-state index < -0.39 is 11.8 Å². The molecule has 130 valence electrons. The summed E-state index contributed by atoms with van der Waals surface area (Å²) < 4.78 is 5.70. The first-order valence-corrected chi connectivity index (χ1v) is 7.70. The minimum atomic E-state index is -0.677. The molecule has 8 nitrogen and oxygen atoms in total. The molecule has 4 N–H and O–H groups in total. The lowest BCUT2D eigenvalue weighted by Gasteiger charge is -2.07. The van der Waals surface area contributed by atoms with E-state index in [0.717, 1.165) is 0 Å². The molecule has 0 bridgehead atoms. The highest BCUT2D eigenvalue weighted by atomic mass is 79.9. The lowest BCUT2D eigenvalue weighted by molar-refractivity contribution is 0.0706. The summed E-state index contributed by atoms with van der Waals surface area (Å²) in [5, 5.41) is 22.3. The number of methoxy groups -OCH3 is 1. The third kappa shape index (κ3) is 4.55. The van der Waals surface area contributed by atoms with Gasteiger partial charge in [0.15, 0.2) is 11.5 Å². The maximum absolute atomic E-state index is 12.0. The Labute approximate surface area is 151 Å². The summed E-state index contributed by atoms with van der Waals surface area (Å²) in [6.07, 6.45) is 1.27. The molecule has 0 radical (unpaired) electrons. The van der Waals surface area contributed by atoms with E-state index in [-0.39, 0.29) is 22.6 Å². The number of hydrogen-bond donors (Lipinski definition) is 4. The number of aromatic hydroxyl groups is 1. The highest BCUT2D eigenvalue weighted by molar-refractivity contribution is 9.10. The average Bonchev–Trinajstić information content (AvgIpc) is 2.63. The van der Waals surface area contributed by atoms with Crippen LogP contribution in [-0.2, 0) is 0 Å². The van der Waals surface area contributed by atoms with E-state index in [0.29, 0.717) is 10.0 Å². The molecule has 2 amide bonds. The smallest absolute Gasteiger partial charge is 0.274 e. The van der Waals surface area contributed by atoms with Crippen molar-refractivity contribution >= 4 is 34.0 Å². The van der Waals surface area contributed by atoms with Crippen LogP contribution in [0.3, 0.4) is 0 Å². The van der Waals surface area contributed by atoms with Gasteiger partial charge < -0.3 is 9.84 Å². The molecule has 25 heavy (non-hydrogen) atoms. The van der Waals surface area contributed by atoms with E-state index >= 15 is 0 Å². The molecule has 2 aromatic carbocycles. The number of hydrazone groups is 1. The molecule has 9 heteroatoms. The summed E-state index contributed by atoms with van der Waals surface area (Å²) in [6, 6.07) is 8.79. The van der Waals surface area contributed by atoms with Gasteiger partial charge in [-0.2, -0.15) is 5.10 Å². The summed E-state index contributed by atoms with van der Waals surface area (Å²) >= 11 is 3.28. The Kier molecular flexibility index (Phi) is 6.09. The number of hydrogen-bond acceptors (Lipinski definition) is 6. The Morgan fingerprint density at radius 3 is 2.32 bits per heavy atom. The maximum atomic E-state index is 12.0. The molecule has 2 aromatic rings. The number of carbonyl (C=O) groups is 2. The lowest BCUT2D eigenvalue weighted by atomic mass is 10.1. The van der Waals surface area contributed by atoms with Crippen LogP contribution < -0.4 is 15.6 Å². The fourth-order valence-electron chi connectivity index (χ4n) is 1.91. The molecule has 0 heterocycles. The Morgan fingerprint density at radius 2 is 1.76 bits per heavy atom. The Morgan fingerprint density at radius 1 is 1.16 bits per heavy atom. The number of rotatable bonds is 5. The van der Waals surface area contributed by atoms with Crippen LogP contribution in [0.15, 0.2) is 46.0 Å². The number of amides is 2. The largest absolute Gasteiger partial charge is 0.504 e. The molecule has 0 atom stereocenters. The molecule has 0 saturated heterocycles. The second kappa shape index (κ2) is 8.27. The van der Waals surface area contributed by atoms with Crippen molar-refractivity contribution in [1.82, 2.24) is 10.9 Å². The zero-order valence-corrected chi connectivity index (χ0v) is 14.6. The molecule has 2 rings (SSSR count). The van der Waals surface area contributed by atoms with Crippen molar-refractivity contribution in [3.8, 4) is 11.5 Å². The highest BCUT2D eigenvalue weighted by Gasteiger charge is 2.09. The monoisotopic (exact) mass is 407 g/mol. The second-order valence-corrected chi connectivity index (χ2v) is 5.68. The number of benzene rings is 2. The zero-order chi connectivity index (χ0) is 18.4. The number of hydroxylamine groups is 1. The lowest BCUT2D eigenvalue weighted by Crippen LogP contribution is -2.20. The van der Waals surface area contributed by atoms with Gasteiger partial charge in [0.05, 0.1) is 13.3 Å². The SMILES string of the molecule is COc1cc(Br)cc(/C=N/NC(=O)c2ccc(C(=O)NO)cc2)c1O. The van der Waals surface area contributed by atoms with Gasteiger partial charge in [-0.3, -0.25) is 14.8 Å². The van der Waals surface area contributed by atoms with Gasteiger partial charge in [0, 0.05) is 21.2 Å². The normalized spacial score (nSPS) is 10.5. The van der Waals surface area contributed by atoms with Crippen molar-refractivity contribution in [2.75, 3.05) is 7.11 Å². The second-order valence-electron chi connectivity index (χ2n) is 4.76. The summed E-state index contributed by atoms with van der Waals surface area (Å²) in [5.41, 5.74) is 4.63. The number of phenols is 1. The summed E-state index contributed by atoms with van der Waals surface area (Å²) in [4.78, 5) is 23.2. The van der Waals surface area contributed by atoms with Gasteiger partial charge in [0.1, 0.15) is 0 Å². The molecule has 0 aliphatic rings. The van der Waals surface area contributed by atoms with Crippen molar-refractivity contribution in [2.24, 2.45) is 5.10 Å². The highest BCUT2D eigenvalue weighted by Crippen LogP contribution is 2.32. The van der Waals surface area contributed by atoms with Gasteiger partial charge >= 0.3 is 0 Å². The molecule has 0 aliphatic heterocycles. The molecule has 0 saturated carbocycles. The topological polar surface area (TPSA) is 120 Å². The molecular weight excluding hydrogens is 394 g/mol. The minimum Gasteiger partial charge on any atom is -0.504 e. The molecule has 0 aliphatic carbocycles. The first kappa shape index (κ1) is 18.4. The molecule has 0 fully saturated rings. The van der Waals surface area contributed by atoms with E-state index in [9.17, 15) is 14.7 Å². The first-order chi connectivity index (χ1) is 12.0. The van der Waals surface area contributed by atoms with E-state index in [1.165, 1.54) is 43.1 Å². The minimum absolute atomic E-state index is 0.108. The van der Waals surface area contributed by atoms with Crippen molar-refractivity contribution in [3.05, 3.63) is 57.6 Å². The Bertz CT molecular complexity index is 821. The number of nitrogens with zero attached hydrogens (tertiary/aromatic N) is 1. The summed E-state index contributed by atoms with van der Waals surface area (Å²) in [7, 11) is 1.42. The van der Waals surface area contributed by atoms with Crippen molar-refractivity contribution in [1.29, 1.82) is 0 Å². The van der Waals surface area contributed by atoms with Gasteiger partial charge in [-0.1, -0.05) is 15.9 Å². The molecular formula is C16H14BrN3O5. The Balaban J connectivity index is 2.08. The molecule has 0 unspecified atom stereocenters. The van der Waals surface area contributed by atoms with Crippen molar-refractivity contribution in [2.45, 2.75) is 0 Å². The van der Waals surface area contributed by atoms with Crippen molar-refractivity contribution in [3.63, 3.8) is 0 Å². The van der Waals surface area contributed by atoms with E-state index in [4.69, 9.17) is 9.94 Å². The number of ether oxygens (including phenoxy) is 1. The molecule has 0 aromatic heterocycles. The fraction of sp³-hybridized carbons (Fsp3) is 0.0625. The van der Waals surface area contributed by atoms with Crippen LogP contribution in [0.1, 0.15) is 26.3 Å². The molecule has 0 spiro atoms. The van der Waals surface area contributed by atoms with Crippen molar-refractivity contribution < 1.29 is 24.6 Å². The predicted octanol–water partition coefficient (Wildman–Crippen LogP) is 2.05. The fourth-order valence-corrected chi connectivity index (χ4v) is 2.37. The number of carbonyl (C=O) groups excluding carboxylic acids is 2. The van der Waals surface area contributed by atoms with Gasteiger partial charge in [-0.25, -0.2) is 10.9 Å². The summed E-state index contributed by atoms with van der Waals surface area (Å²) in [5.74, 6) is -1.03. The van der Waals surface area contributed by atoms with E-state index in [1.54, 1.807) is 12.1 Å². The Hall–Kier alpha value is -2.91. The average molecular weight is 408 g/mol. The third-order valence-corrected chi connectivity index (χ3v) is 3.63. The van der Waals surface area contributed by atoms with E-state index in [1.807, 2.05) is 0 Å². The van der Waals surface area contributed by atoms with Crippen LogP contribution in [0.4, 0.5) is 0 Å². The van der Waals surface area contributed by atoms with Crippen LogP contribution in [0.2, 0.25) is 0 Å². The predicted molar refractivity (Wildman–Crippen MR) is 93.1 cm³/mol. The van der Waals surface area contributed by atoms with Gasteiger partial charge in [0.2, 0.25) is 0 Å². The van der Waals surface area contributed by atoms with Crippen LogP contribution >= 0.6 is 15.9 Å². The van der Waals surface area contributed by atoms with Crippen LogP contribution in [0.25, 0.3) is 0 Å². The third-order valence-electron chi connectivity index (χ3n) is 3.17. The quantitative estimate of drug-likeness (QED) is 0.343. The maximum Gasteiger partial charge on any atom is 0.274 e. The van der Waals surface area contributed by atoms with Gasteiger partial charge in [0.25, 0.3) is 11.8 Å². The van der Waals surface area contributed by atoms with Crippen LogP contribution in [0.5, 0.6) is 11.5 Å². The zero-order valence-electron chi connectivity index (χ0n) is 13.0. The number of nitrogens with one attached hydrogen (secondary N) is 2. The van der Waals surface area contributed by atoms with Gasteiger partial charge in [-0.15, -0.1) is 0 Å². The summed E-state index contributed by atoms with van der Waals surface area (Å²) in [6.45, 7) is 0. The van der Waals surface area contributed by atoms with Crippen LogP contribution in [0, 0.1) is 0 Å². The van der Waals surface area contributed by atoms with E-state index in [2.05, 4.69) is 26.5 Å². The number of halogens is 1. The van der Waals surface area contributed by atoms with Crippen LogP contribution in [-0.4, -0.2) is 35.5 Å². The number of phenolic OH excluding ortho intramolecular Hbond substituents is 1.